The molecule has 178 valence electrons. The van der Waals surface area contributed by atoms with Gasteiger partial charge >= 0.3 is 4.87 Å². The molecule has 1 fully saturated rings. The van der Waals surface area contributed by atoms with Crippen LogP contribution in [-0.2, 0) is 16.6 Å². The molecular weight excluding hydrogens is 478 g/mol. The quantitative estimate of drug-likeness (QED) is 0.426. The van der Waals surface area contributed by atoms with Crippen molar-refractivity contribution in [1.29, 1.82) is 0 Å². The van der Waals surface area contributed by atoms with Gasteiger partial charge in [-0.25, -0.2) is 13.1 Å². The van der Waals surface area contributed by atoms with Crippen molar-refractivity contribution in [3.63, 3.8) is 0 Å². The number of aromatic nitrogens is 1. The zero-order chi connectivity index (χ0) is 23.4. The molecule has 2 heterocycles. The molecular formula is C24H30ClN3O3S2. The molecule has 6 nitrogen and oxygen atoms in total. The molecule has 1 aliphatic rings. The molecule has 0 amide bonds. The molecule has 0 unspecified atom stereocenters. The van der Waals surface area contributed by atoms with Crippen LogP contribution in [0, 0.1) is 0 Å². The SMILES string of the molecule is CC[C@@H]1CCCCN1CCCNS(=O)(=O)c1ccc2c(c1)sc(=O)n2Cc1ccc(Cl)cc1. The van der Waals surface area contributed by atoms with Crippen molar-refractivity contribution in [3.05, 3.63) is 62.7 Å². The van der Waals surface area contributed by atoms with Crippen molar-refractivity contribution in [2.45, 2.75) is 56.5 Å². The molecule has 1 N–H and O–H groups in total. The summed E-state index contributed by atoms with van der Waals surface area (Å²) in [4.78, 5) is 15.1. The fourth-order valence-electron chi connectivity index (χ4n) is 4.52. The summed E-state index contributed by atoms with van der Waals surface area (Å²) in [6.45, 7) is 5.05. The van der Waals surface area contributed by atoms with E-state index in [0.29, 0.717) is 28.9 Å². The van der Waals surface area contributed by atoms with Crippen LogP contribution < -0.4 is 9.60 Å². The molecule has 2 aromatic carbocycles. The lowest BCUT2D eigenvalue weighted by Crippen LogP contribution is -2.40. The Balaban J connectivity index is 1.42. The van der Waals surface area contributed by atoms with Gasteiger partial charge in [-0.1, -0.05) is 48.4 Å². The van der Waals surface area contributed by atoms with E-state index >= 15 is 0 Å². The summed E-state index contributed by atoms with van der Waals surface area (Å²) in [6, 6.07) is 12.9. The van der Waals surface area contributed by atoms with Gasteiger partial charge < -0.3 is 4.90 Å². The lowest BCUT2D eigenvalue weighted by atomic mass is 10.00. The summed E-state index contributed by atoms with van der Waals surface area (Å²) in [7, 11) is -3.63. The second-order valence-corrected chi connectivity index (χ2v) is 11.8. The van der Waals surface area contributed by atoms with Gasteiger partial charge in [0.1, 0.15) is 0 Å². The molecule has 0 radical (unpaired) electrons. The van der Waals surface area contributed by atoms with Crippen LogP contribution in [0.1, 0.15) is 44.6 Å². The molecule has 0 bridgehead atoms. The third-order valence-corrected chi connectivity index (χ3v) is 8.99. The lowest BCUT2D eigenvalue weighted by Gasteiger charge is -2.35. The summed E-state index contributed by atoms with van der Waals surface area (Å²) < 4.78 is 30.7. The van der Waals surface area contributed by atoms with E-state index in [1.54, 1.807) is 34.9 Å². The number of piperidine rings is 1. The number of sulfonamides is 1. The van der Waals surface area contributed by atoms with Crippen LogP contribution in [0.4, 0.5) is 0 Å². The maximum absolute atomic E-state index is 12.8. The number of rotatable bonds is 9. The number of halogens is 1. The highest BCUT2D eigenvalue weighted by atomic mass is 35.5. The number of benzene rings is 2. The lowest BCUT2D eigenvalue weighted by molar-refractivity contribution is 0.143. The van der Waals surface area contributed by atoms with Crippen LogP contribution in [0.5, 0.6) is 0 Å². The number of thiazole rings is 1. The Morgan fingerprint density at radius 2 is 1.94 bits per heavy atom. The standard InChI is InChI=1S/C24H30ClN3O3S2/c1-2-20-6-3-4-14-27(20)15-5-13-26-33(30,31)21-11-12-22-23(16-21)32-24(29)28(22)17-18-7-9-19(25)10-8-18/h7-12,16,20,26H,2-6,13-15,17H2,1H3/t20-/m1/s1. The molecule has 9 heteroatoms. The molecule has 33 heavy (non-hydrogen) atoms. The molecule has 3 aromatic rings. The topological polar surface area (TPSA) is 71.4 Å². The Bertz CT molecular complexity index is 1250. The van der Waals surface area contributed by atoms with Crippen molar-refractivity contribution in [3.8, 4) is 0 Å². The third-order valence-electron chi connectivity index (χ3n) is 6.34. The van der Waals surface area contributed by atoms with E-state index in [1.165, 1.54) is 19.3 Å². The first kappa shape index (κ1) is 24.4. The number of nitrogens with zero attached hydrogens (tertiary/aromatic N) is 2. The molecule has 1 atom stereocenters. The smallest absolute Gasteiger partial charge is 0.300 e. The van der Waals surface area contributed by atoms with Crippen LogP contribution in [0.15, 0.2) is 52.2 Å². The molecule has 1 saturated heterocycles. The average Bonchev–Trinajstić information content (AvgIpc) is 3.12. The summed E-state index contributed by atoms with van der Waals surface area (Å²) in [5, 5.41) is 0.643. The minimum absolute atomic E-state index is 0.116. The molecule has 1 aromatic heterocycles. The van der Waals surface area contributed by atoms with Crippen molar-refractivity contribution in [1.82, 2.24) is 14.2 Å². The zero-order valence-electron chi connectivity index (χ0n) is 18.8. The fraction of sp³-hybridized carbons (Fsp3) is 0.458. The van der Waals surface area contributed by atoms with Gasteiger partial charge in [-0.05, 0) is 74.7 Å². The second kappa shape index (κ2) is 10.7. The van der Waals surface area contributed by atoms with E-state index in [4.69, 9.17) is 11.6 Å². The van der Waals surface area contributed by atoms with E-state index < -0.39 is 10.0 Å². The largest absolute Gasteiger partial charge is 0.308 e. The summed E-state index contributed by atoms with van der Waals surface area (Å²) in [6.07, 6.45) is 5.68. The Hall–Kier alpha value is -1.71. The highest BCUT2D eigenvalue weighted by Crippen LogP contribution is 2.23. The number of fused-ring (bicyclic) bond motifs is 1. The molecule has 0 aliphatic carbocycles. The van der Waals surface area contributed by atoms with Gasteiger partial charge in [0.15, 0.2) is 0 Å². The van der Waals surface area contributed by atoms with E-state index in [0.717, 1.165) is 48.3 Å². The molecule has 4 rings (SSSR count). The maximum Gasteiger partial charge on any atom is 0.308 e. The van der Waals surface area contributed by atoms with E-state index in [9.17, 15) is 13.2 Å². The van der Waals surface area contributed by atoms with Crippen LogP contribution in [0.2, 0.25) is 5.02 Å². The Kier molecular flexibility index (Phi) is 7.91. The normalized spacial score (nSPS) is 17.6. The molecule has 1 aliphatic heterocycles. The average molecular weight is 508 g/mol. The third kappa shape index (κ3) is 5.87. The number of hydrogen-bond acceptors (Lipinski definition) is 5. The summed E-state index contributed by atoms with van der Waals surface area (Å²) >= 11 is 7.01. The van der Waals surface area contributed by atoms with Crippen molar-refractivity contribution in [2.75, 3.05) is 19.6 Å². The van der Waals surface area contributed by atoms with E-state index in [-0.39, 0.29) is 9.77 Å². The fourth-order valence-corrected chi connectivity index (χ4v) is 6.76. The maximum atomic E-state index is 12.8. The summed E-state index contributed by atoms with van der Waals surface area (Å²) in [5.41, 5.74) is 1.69. The first-order chi connectivity index (χ1) is 15.9. The van der Waals surface area contributed by atoms with Crippen LogP contribution >= 0.6 is 22.9 Å². The van der Waals surface area contributed by atoms with Crippen LogP contribution in [0.3, 0.4) is 0 Å². The van der Waals surface area contributed by atoms with Crippen molar-refractivity contribution >= 4 is 43.2 Å². The van der Waals surface area contributed by atoms with Gasteiger partial charge in [-0.2, -0.15) is 0 Å². The van der Waals surface area contributed by atoms with Gasteiger partial charge in [0.05, 0.1) is 21.7 Å². The number of hydrogen-bond donors (Lipinski definition) is 1. The predicted octanol–water partition coefficient (Wildman–Crippen LogP) is 4.70. The van der Waals surface area contributed by atoms with Crippen molar-refractivity contribution in [2.24, 2.45) is 0 Å². The first-order valence-corrected chi connectivity index (χ1v) is 14.2. The Morgan fingerprint density at radius 3 is 2.70 bits per heavy atom. The summed E-state index contributed by atoms with van der Waals surface area (Å²) in [5.74, 6) is 0. The number of likely N-dealkylation sites (tertiary alicyclic amines) is 1. The van der Waals surface area contributed by atoms with Gasteiger partial charge in [-0.3, -0.25) is 9.36 Å². The van der Waals surface area contributed by atoms with E-state index in [1.807, 2.05) is 12.1 Å². The molecule has 0 spiro atoms. The Morgan fingerprint density at radius 1 is 1.15 bits per heavy atom. The minimum Gasteiger partial charge on any atom is -0.300 e. The predicted molar refractivity (Wildman–Crippen MR) is 136 cm³/mol. The first-order valence-electron chi connectivity index (χ1n) is 11.5. The van der Waals surface area contributed by atoms with Crippen molar-refractivity contribution < 1.29 is 8.42 Å². The van der Waals surface area contributed by atoms with Gasteiger partial charge in [-0.15, -0.1) is 0 Å². The highest BCUT2D eigenvalue weighted by Gasteiger charge is 2.21. The zero-order valence-corrected chi connectivity index (χ0v) is 21.2. The number of nitrogens with one attached hydrogen (secondary N) is 1. The monoisotopic (exact) mass is 507 g/mol. The van der Waals surface area contributed by atoms with Gasteiger partial charge in [0.25, 0.3) is 0 Å². The Labute approximate surface area is 204 Å². The second-order valence-electron chi connectivity index (χ2n) is 8.56. The van der Waals surface area contributed by atoms with Gasteiger partial charge in [0, 0.05) is 17.6 Å². The van der Waals surface area contributed by atoms with Crippen LogP contribution in [0.25, 0.3) is 10.2 Å². The van der Waals surface area contributed by atoms with Gasteiger partial charge in [0.2, 0.25) is 10.0 Å². The van der Waals surface area contributed by atoms with E-state index in [2.05, 4.69) is 16.5 Å². The minimum atomic E-state index is -3.63. The molecule has 0 saturated carbocycles. The highest BCUT2D eigenvalue weighted by molar-refractivity contribution is 7.89. The van der Waals surface area contributed by atoms with Crippen LogP contribution in [-0.4, -0.2) is 43.6 Å².